The number of benzene rings is 1. The zero-order valence-electron chi connectivity index (χ0n) is 10.5. The fraction of sp³-hybridized carbons (Fsp3) is 0.462. The first-order valence-electron chi connectivity index (χ1n) is 5.64. The number of hydrogen-bond donors (Lipinski definition) is 2. The first-order valence-corrected chi connectivity index (χ1v) is 6.01. The summed E-state index contributed by atoms with van der Waals surface area (Å²) in [5.74, 6) is -0.0626. The van der Waals surface area contributed by atoms with E-state index in [1.165, 1.54) is 0 Å². The Bertz CT molecular complexity index is 404. The van der Waals surface area contributed by atoms with Crippen LogP contribution in [0.3, 0.4) is 0 Å². The smallest absolute Gasteiger partial charge is 0.227 e. The van der Waals surface area contributed by atoms with Gasteiger partial charge in [-0.2, -0.15) is 0 Å². The van der Waals surface area contributed by atoms with Crippen LogP contribution in [0.5, 0.6) is 0 Å². The van der Waals surface area contributed by atoms with E-state index in [4.69, 9.17) is 17.3 Å². The van der Waals surface area contributed by atoms with Crippen LogP contribution in [0.2, 0.25) is 5.02 Å². The van der Waals surface area contributed by atoms with Gasteiger partial charge < -0.3 is 11.1 Å². The predicted molar refractivity (Wildman–Crippen MR) is 70.8 cm³/mol. The van der Waals surface area contributed by atoms with E-state index < -0.39 is 5.41 Å². The van der Waals surface area contributed by atoms with Crippen molar-refractivity contribution in [3.05, 3.63) is 34.9 Å². The topological polar surface area (TPSA) is 55.1 Å². The fourth-order valence-corrected chi connectivity index (χ4v) is 1.69. The SMILES string of the molecule is C[C@@H](NC(=O)C(C)(C)CN)c1ccccc1Cl. The highest BCUT2D eigenvalue weighted by molar-refractivity contribution is 6.31. The summed E-state index contributed by atoms with van der Waals surface area (Å²) >= 11 is 6.07. The van der Waals surface area contributed by atoms with Gasteiger partial charge in [-0.1, -0.05) is 29.8 Å². The highest BCUT2D eigenvalue weighted by atomic mass is 35.5. The summed E-state index contributed by atoms with van der Waals surface area (Å²) in [5.41, 5.74) is 5.92. The van der Waals surface area contributed by atoms with Crippen molar-refractivity contribution in [3.8, 4) is 0 Å². The Morgan fingerprint density at radius 1 is 1.47 bits per heavy atom. The number of nitrogens with one attached hydrogen (secondary N) is 1. The molecule has 1 rings (SSSR count). The van der Waals surface area contributed by atoms with Crippen LogP contribution in [0.1, 0.15) is 32.4 Å². The molecule has 0 aliphatic carbocycles. The van der Waals surface area contributed by atoms with E-state index in [0.29, 0.717) is 11.6 Å². The Hall–Kier alpha value is -1.06. The van der Waals surface area contributed by atoms with Gasteiger partial charge in [0.15, 0.2) is 0 Å². The summed E-state index contributed by atoms with van der Waals surface area (Å²) in [6.07, 6.45) is 0. The monoisotopic (exact) mass is 254 g/mol. The van der Waals surface area contributed by atoms with Gasteiger partial charge in [-0.25, -0.2) is 0 Å². The van der Waals surface area contributed by atoms with Gasteiger partial charge in [-0.15, -0.1) is 0 Å². The second-order valence-electron chi connectivity index (χ2n) is 4.80. The van der Waals surface area contributed by atoms with Crippen molar-refractivity contribution < 1.29 is 4.79 Å². The Morgan fingerprint density at radius 3 is 2.59 bits per heavy atom. The molecule has 0 heterocycles. The first kappa shape index (κ1) is 14.0. The predicted octanol–water partition coefficient (Wildman–Crippen LogP) is 2.50. The summed E-state index contributed by atoms with van der Waals surface area (Å²) in [4.78, 5) is 12.0. The van der Waals surface area contributed by atoms with E-state index in [-0.39, 0.29) is 11.9 Å². The number of halogens is 1. The van der Waals surface area contributed by atoms with Gasteiger partial charge in [0.05, 0.1) is 11.5 Å². The molecule has 0 saturated carbocycles. The minimum absolute atomic E-state index is 0.0626. The van der Waals surface area contributed by atoms with E-state index >= 15 is 0 Å². The van der Waals surface area contributed by atoms with E-state index in [2.05, 4.69) is 5.32 Å². The van der Waals surface area contributed by atoms with Gasteiger partial charge in [0.25, 0.3) is 0 Å². The molecule has 0 radical (unpaired) electrons. The maximum absolute atomic E-state index is 12.0. The van der Waals surface area contributed by atoms with Crippen molar-refractivity contribution in [2.75, 3.05) is 6.54 Å². The molecule has 0 unspecified atom stereocenters. The van der Waals surface area contributed by atoms with Crippen LogP contribution in [0, 0.1) is 5.41 Å². The van der Waals surface area contributed by atoms with E-state index in [0.717, 1.165) is 5.56 Å². The second kappa shape index (κ2) is 5.52. The first-order chi connectivity index (χ1) is 7.88. The van der Waals surface area contributed by atoms with Gasteiger partial charge in [0, 0.05) is 11.6 Å². The third kappa shape index (κ3) is 3.45. The summed E-state index contributed by atoms with van der Waals surface area (Å²) in [7, 11) is 0. The molecule has 1 aromatic rings. The summed E-state index contributed by atoms with van der Waals surface area (Å²) in [5, 5.41) is 3.58. The third-order valence-corrected chi connectivity index (χ3v) is 3.19. The molecule has 3 N–H and O–H groups in total. The molecule has 0 spiro atoms. The lowest BCUT2D eigenvalue weighted by atomic mass is 9.92. The van der Waals surface area contributed by atoms with E-state index in [9.17, 15) is 4.79 Å². The third-order valence-electron chi connectivity index (χ3n) is 2.84. The Balaban J connectivity index is 2.77. The summed E-state index contributed by atoms with van der Waals surface area (Å²) < 4.78 is 0. The van der Waals surface area contributed by atoms with E-state index in [1.807, 2.05) is 45.0 Å². The molecule has 1 amide bonds. The van der Waals surface area contributed by atoms with Gasteiger partial charge in [-0.3, -0.25) is 4.79 Å². The second-order valence-corrected chi connectivity index (χ2v) is 5.21. The minimum Gasteiger partial charge on any atom is -0.349 e. The number of carbonyl (C=O) groups is 1. The average Bonchev–Trinajstić information content (AvgIpc) is 2.29. The van der Waals surface area contributed by atoms with Gasteiger partial charge in [-0.05, 0) is 32.4 Å². The van der Waals surface area contributed by atoms with E-state index in [1.54, 1.807) is 0 Å². The molecule has 17 heavy (non-hydrogen) atoms. The molecule has 0 aromatic heterocycles. The number of carbonyl (C=O) groups excluding carboxylic acids is 1. The van der Waals surface area contributed by atoms with Crippen molar-refractivity contribution in [2.24, 2.45) is 11.1 Å². The maximum Gasteiger partial charge on any atom is 0.227 e. The summed E-state index contributed by atoms with van der Waals surface area (Å²) in [6.45, 7) is 5.86. The van der Waals surface area contributed by atoms with Crippen molar-refractivity contribution in [1.82, 2.24) is 5.32 Å². The molecular weight excluding hydrogens is 236 g/mol. The van der Waals surface area contributed by atoms with Crippen LogP contribution >= 0.6 is 11.6 Å². The minimum atomic E-state index is -0.560. The van der Waals surface area contributed by atoms with Crippen LogP contribution in [0.4, 0.5) is 0 Å². The fourth-order valence-electron chi connectivity index (χ4n) is 1.39. The molecule has 0 aliphatic rings. The number of nitrogens with two attached hydrogens (primary N) is 1. The molecule has 0 fully saturated rings. The highest BCUT2D eigenvalue weighted by Gasteiger charge is 2.27. The normalized spacial score (nSPS) is 13.2. The molecule has 1 atom stereocenters. The average molecular weight is 255 g/mol. The molecule has 94 valence electrons. The van der Waals surface area contributed by atoms with Crippen molar-refractivity contribution >= 4 is 17.5 Å². The van der Waals surface area contributed by atoms with Gasteiger partial charge in [0.1, 0.15) is 0 Å². The number of hydrogen-bond acceptors (Lipinski definition) is 2. The van der Waals surface area contributed by atoms with Crippen LogP contribution in [0.15, 0.2) is 24.3 Å². The molecule has 3 nitrogen and oxygen atoms in total. The highest BCUT2D eigenvalue weighted by Crippen LogP contribution is 2.23. The van der Waals surface area contributed by atoms with Crippen LogP contribution in [-0.2, 0) is 4.79 Å². The molecule has 4 heteroatoms. The Kier molecular flexibility index (Phi) is 4.54. The zero-order chi connectivity index (χ0) is 13.1. The zero-order valence-corrected chi connectivity index (χ0v) is 11.2. The Labute approximate surface area is 107 Å². The van der Waals surface area contributed by atoms with Crippen LogP contribution in [-0.4, -0.2) is 12.5 Å². The molecule has 0 saturated heterocycles. The van der Waals surface area contributed by atoms with Crippen molar-refractivity contribution in [2.45, 2.75) is 26.8 Å². The maximum atomic E-state index is 12.0. The summed E-state index contributed by atoms with van der Waals surface area (Å²) in [6, 6.07) is 7.36. The largest absolute Gasteiger partial charge is 0.349 e. The molecule has 0 bridgehead atoms. The Morgan fingerprint density at radius 2 is 2.06 bits per heavy atom. The van der Waals surface area contributed by atoms with Gasteiger partial charge >= 0.3 is 0 Å². The van der Waals surface area contributed by atoms with Crippen LogP contribution in [0.25, 0.3) is 0 Å². The standard InChI is InChI=1S/C13H19ClN2O/c1-9(10-6-4-5-7-11(10)14)16-12(17)13(2,3)8-15/h4-7,9H,8,15H2,1-3H3,(H,16,17)/t9-/m1/s1. The molecular formula is C13H19ClN2O. The molecule has 0 aliphatic heterocycles. The van der Waals surface area contributed by atoms with Crippen LogP contribution < -0.4 is 11.1 Å². The van der Waals surface area contributed by atoms with Crippen molar-refractivity contribution in [1.29, 1.82) is 0 Å². The number of amides is 1. The lowest BCUT2D eigenvalue weighted by Gasteiger charge is -2.24. The van der Waals surface area contributed by atoms with Crippen molar-refractivity contribution in [3.63, 3.8) is 0 Å². The lowest BCUT2D eigenvalue weighted by Crippen LogP contribution is -2.42. The lowest BCUT2D eigenvalue weighted by molar-refractivity contribution is -0.129. The quantitative estimate of drug-likeness (QED) is 0.868. The number of rotatable bonds is 4. The molecule has 1 aromatic carbocycles. The van der Waals surface area contributed by atoms with Gasteiger partial charge in [0.2, 0.25) is 5.91 Å².